The van der Waals surface area contributed by atoms with Crippen LogP contribution >= 0.6 is 0 Å². The lowest BCUT2D eigenvalue weighted by atomic mass is 9.98. The van der Waals surface area contributed by atoms with Crippen LogP contribution in [0.4, 0.5) is 10.2 Å². The van der Waals surface area contributed by atoms with Crippen LogP contribution in [0.1, 0.15) is 48.0 Å². The fourth-order valence-electron chi connectivity index (χ4n) is 6.67. The summed E-state index contributed by atoms with van der Waals surface area (Å²) < 4.78 is 22.4. The Morgan fingerprint density at radius 3 is 2.58 bits per heavy atom. The average Bonchev–Trinajstić information content (AvgIpc) is 3.36. The molecule has 5 aromatic rings. The number of aryl methyl sites for hydroxylation is 1. The molecular formula is C35H33FN4O3. The van der Waals surface area contributed by atoms with Crippen molar-refractivity contribution in [2.45, 2.75) is 39.0 Å². The van der Waals surface area contributed by atoms with Gasteiger partial charge in [0.05, 0.1) is 12.0 Å². The van der Waals surface area contributed by atoms with Gasteiger partial charge in [0.15, 0.2) is 11.6 Å². The van der Waals surface area contributed by atoms with Gasteiger partial charge in [0.1, 0.15) is 22.8 Å². The minimum Gasteiger partial charge on any atom is -0.508 e. The quantitative estimate of drug-likeness (QED) is 0.153. The molecule has 1 saturated heterocycles. The van der Waals surface area contributed by atoms with E-state index in [4.69, 9.17) is 9.72 Å². The second-order valence-electron chi connectivity index (χ2n) is 11.9. The highest BCUT2D eigenvalue weighted by Gasteiger charge is 2.34. The molecule has 2 fully saturated rings. The van der Waals surface area contributed by atoms with Crippen molar-refractivity contribution in [3.05, 3.63) is 83.8 Å². The molecule has 2 atom stereocenters. The van der Waals surface area contributed by atoms with Gasteiger partial charge in [-0.05, 0) is 67.3 Å². The Labute approximate surface area is 249 Å². The largest absolute Gasteiger partial charge is 0.508 e. The summed E-state index contributed by atoms with van der Waals surface area (Å²) in [6, 6.07) is 18.3. The highest BCUT2D eigenvalue weighted by atomic mass is 19.1. The maximum Gasteiger partial charge on any atom is 0.319 e. The van der Waals surface area contributed by atoms with Crippen LogP contribution in [0.15, 0.2) is 66.9 Å². The molecule has 1 saturated carbocycles. The number of hydrogen-bond donors (Lipinski definition) is 1. The number of hydrogen-bond acceptors (Lipinski definition) is 7. The smallest absolute Gasteiger partial charge is 0.319 e. The Balaban J connectivity index is 1.23. The normalized spacial score (nSPS) is 18.0. The van der Waals surface area contributed by atoms with Crippen LogP contribution in [-0.2, 0) is 0 Å². The Hall–Kier alpha value is -4.59. The van der Waals surface area contributed by atoms with E-state index < -0.39 is 5.82 Å². The summed E-state index contributed by atoms with van der Waals surface area (Å²) >= 11 is 0. The predicted molar refractivity (Wildman–Crippen MR) is 165 cm³/mol. The summed E-state index contributed by atoms with van der Waals surface area (Å²) in [6.45, 7) is 3.92. The molecule has 0 spiro atoms. The summed E-state index contributed by atoms with van der Waals surface area (Å²) in [7, 11) is 0. The van der Waals surface area contributed by atoms with E-state index in [1.54, 1.807) is 12.3 Å². The van der Waals surface area contributed by atoms with Crippen LogP contribution < -0.4 is 9.64 Å². The van der Waals surface area contributed by atoms with E-state index in [0.29, 0.717) is 47.0 Å². The minimum atomic E-state index is -0.587. The molecule has 2 unspecified atom stereocenters. The number of ketones is 1. The van der Waals surface area contributed by atoms with Gasteiger partial charge in [0.2, 0.25) is 0 Å². The fourth-order valence-corrected chi connectivity index (χ4v) is 6.67. The number of Topliss-reactive ketones (excluding diaryl/α,β-unsaturated/α-hetero) is 1. The van der Waals surface area contributed by atoms with Gasteiger partial charge in [0.25, 0.3) is 0 Å². The van der Waals surface area contributed by atoms with Crippen molar-refractivity contribution in [2.75, 3.05) is 24.6 Å². The van der Waals surface area contributed by atoms with Crippen LogP contribution in [0.2, 0.25) is 0 Å². The first-order valence-corrected chi connectivity index (χ1v) is 15.0. The van der Waals surface area contributed by atoms with Crippen LogP contribution in [-0.4, -0.2) is 45.5 Å². The van der Waals surface area contributed by atoms with Gasteiger partial charge < -0.3 is 14.7 Å². The van der Waals surface area contributed by atoms with Crippen molar-refractivity contribution in [3.8, 4) is 23.0 Å². The third-order valence-electron chi connectivity index (χ3n) is 8.80. The number of phenolic OH excluding ortho intramolecular Hbond substituents is 1. The predicted octanol–water partition coefficient (Wildman–Crippen LogP) is 7.28. The minimum absolute atomic E-state index is 0.0337. The van der Waals surface area contributed by atoms with E-state index in [2.05, 4.69) is 14.9 Å². The molecule has 2 bridgehead atoms. The van der Waals surface area contributed by atoms with Crippen molar-refractivity contribution < 1.29 is 19.0 Å². The lowest BCUT2D eigenvalue weighted by molar-refractivity contribution is 0.0972. The van der Waals surface area contributed by atoms with Gasteiger partial charge in [-0.3, -0.25) is 9.78 Å². The number of fused-ring (bicyclic) bond motifs is 4. The second kappa shape index (κ2) is 11.2. The number of phenols is 1. The highest BCUT2D eigenvalue weighted by Crippen LogP contribution is 2.41. The molecule has 7 rings (SSSR count). The SMILES string of the molecule is Cc1ccc(C(=O)CCCOc2nc(N3CC4CCC(C4)C3)c3cnc(-c4cc(O)cc5ccccc45)c(F)c3n2)cc1. The molecule has 8 heteroatoms. The Morgan fingerprint density at radius 2 is 1.79 bits per heavy atom. The zero-order chi connectivity index (χ0) is 29.5. The maximum atomic E-state index is 16.5. The number of anilines is 1. The van der Waals surface area contributed by atoms with Crippen LogP contribution in [0, 0.1) is 24.6 Å². The van der Waals surface area contributed by atoms with E-state index in [-0.39, 0.29) is 35.4 Å². The number of ether oxygens (including phenoxy) is 1. The summed E-state index contributed by atoms with van der Waals surface area (Å²) in [6.07, 6.45) is 6.07. The first-order chi connectivity index (χ1) is 20.9. The molecular weight excluding hydrogens is 543 g/mol. The molecule has 3 heterocycles. The average molecular weight is 577 g/mol. The molecule has 1 N–H and O–H groups in total. The van der Waals surface area contributed by atoms with Crippen molar-refractivity contribution in [3.63, 3.8) is 0 Å². The maximum absolute atomic E-state index is 16.5. The molecule has 2 aromatic heterocycles. The number of rotatable bonds is 8. The zero-order valence-electron chi connectivity index (χ0n) is 24.1. The van der Waals surface area contributed by atoms with Gasteiger partial charge >= 0.3 is 6.01 Å². The number of aromatic nitrogens is 3. The molecule has 1 aliphatic heterocycles. The monoisotopic (exact) mass is 576 g/mol. The second-order valence-corrected chi connectivity index (χ2v) is 11.9. The molecule has 0 amide bonds. The summed E-state index contributed by atoms with van der Waals surface area (Å²) in [5.74, 6) is 1.31. The topological polar surface area (TPSA) is 88.4 Å². The van der Waals surface area contributed by atoms with E-state index in [1.165, 1.54) is 25.3 Å². The van der Waals surface area contributed by atoms with Crippen molar-refractivity contribution in [1.82, 2.24) is 15.0 Å². The number of halogens is 1. The lowest BCUT2D eigenvalue weighted by Gasteiger charge is -2.33. The molecule has 2 aliphatic rings. The standard InChI is InChI=1S/C35H33FN4O3/c1-21-8-12-24(13-9-21)30(42)7-4-14-43-35-38-33-29(34(39-35)40-19-22-10-11-23(15-22)20-40)18-37-32(31(33)36)28-17-26(41)16-25-5-2-3-6-27(25)28/h2-3,5-6,8-9,12-13,16-18,22-23,41H,4,7,10-11,14-15,19-20H2,1H3. The van der Waals surface area contributed by atoms with Gasteiger partial charge in [-0.1, -0.05) is 54.1 Å². The van der Waals surface area contributed by atoms with Crippen LogP contribution in [0.5, 0.6) is 11.8 Å². The van der Waals surface area contributed by atoms with Crippen LogP contribution in [0.3, 0.4) is 0 Å². The molecule has 0 radical (unpaired) electrons. The lowest BCUT2D eigenvalue weighted by Crippen LogP contribution is -2.37. The molecule has 43 heavy (non-hydrogen) atoms. The van der Waals surface area contributed by atoms with Gasteiger partial charge in [0, 0.05) is 36.8 Å². The van der Waals surface area contributed by atoms with Crippen molar-refractivity contribution >= 4 is 33.3 Å². The summed E-state index contributed by atoms with van der Waals surface area (Å²) in [5, 5.41) is 12.5. The number of carbonyl (C=O) groups is 1. The van der Waals surface area contributed by atoms with Gasteiger partial charge in [-0.25, -0.2) is 4.39 Å². The Bertz CT molecular complexity index is 1830. The molecule has 218 valence electrons. The zero-order valence-corrected chi connectivity index (χ0v) is 24.1. The van der Waals surface area contributed by atoms with E-state index >= 15 is 4.39 Å². The van der Waals surface area contributed by atoms with Crippen LogP contribution in [0.25, 0.3) is 32.9 Å². The first-order valence-electron chi connectivity index (χ1n) is 15.0. The third kappa shape index (κ3) is 5.38. The summed E-state index contributed by atoms with van der Waals surface area (Å²) in [5.41, 5.74) is 2.51. The van der Waals surface area contributed by atoms with E-state index in [1.807, 2.05) is 55.5 Å². The molecule has 1 aliphatic carbocycles. The number of benzene rings is 3. The van der Waals surface area contributed by atoms with Gasteiger partial charge in [-0.2, -0.15) is 9.97 Å². The number of aromatic hydroxyl groups is 1. The highest BCUT2D eigenvalue weighted by molar-refractivity contribution is 6.00. The molecule has 7 nitrogen and oxygen atoms in total. The van der Waals surface area contributed by atoms with Crippen molar-refractivity contribution in [1.29, 1.82) is 0 Å². The third-order valence-corrected chi connectivity index (χ3v) is 8.80. The first kappa shape index (κ1) is 27.3. The summed E-state index contributed by atoms with van der Waals surface area (Å²) in [4.78, 5) is 28.7. The van der Waals surface area contributed by atoms with Crippen molar-refractivity contribution in [2.24, 2.45) is 11.8 Å². The van der Waals surface area contributed by atoms with E-state index in [9.17, 15) is 9.90 Å². The van der Waals surface area contributed by atoms with E-state index in [0.717, 1.165) is 29.4 Å². The number of pyridine rings is 1. The fraction of sp³-hybridized carbons (Fsp3) is 0.314. The number of piperidine rings is 1. The number of nitrogens with zero attached hydrogens (tertiary/aromatic N) is 4. The van der Waals surface area contributed by atoms with Gasteiger partial charge in [-0.15, -0.1) is 0 Å². The Kier molecular flexibility index (Phi) is 7.13. The molecule has 3 aromatic carbocycles. The number of carbonyl (C=O) groups excluding carboxylic acids is 1. The Morgan fingerprint density at radius 1 is 1.02 bits per heavy atom.